The van der Waals surface area contributed by atoms with Crippen molar-refractivity contribution in [3.05, 3.63) is 30.1 Å². The first-order chi connectivity index (χ1) is 7.31. The SMILES string of the molecule is COC(C(=O)Cc1ccccn1)C1CC1. The Kier molecular flexibility index (Phi) is 3.11. The molecule has 0 saturated heterocycles. The number of hydrogen-bond acceptors (Lipinski definition) is 3. The second-order valence-electron chi connectivity index (χ2n) is 3.96. The van der Waals surface area contributed by atoms with E-state index >= 15 is 0 Å². The summed E-state index contributed by atoms with van der Waals surface area (Å²) in [5.41, 5.74) is 0.824. The summed E-state index contributed by atoms with van der Waals surface area (Å²) in [6, 6.07) is 5.62. The van der Waals surface area contributed by atoms with Gasteiger partial charge in [0.25, 0.3) is 0 Å². The molecule has 1 fully saturated rings. The van der Waals surface area contributed by atoms with E-state index in [0.717, 1.165) is 18.5 Å². The van der Waals surface area contributed by atoms with Crippen molar-refractivity contribution in [3.8, 4) is 0 Å². The molecule has 0 spiro atoms. The zero-order chi connectivity index (χ0) is 10.7. The normalized spacial score (nSPS) is 17.4. The zero-order valence-corrected chi connectivity index (χ0v) is 8.85. The average molecular weight is 205 g/mol. The molecule has 0 aliphatic heterocycles. The molecule has 1 aliphatic carbocycles. The van der Waals surface area contributed by atoms with Gasteiger partial charge in [0, 0.05) is 19.0 Å². The van der Waals surface area contributed by atoms with Crippen LogP contribution in [-0.4, -0.2) is 24.0 Å². The first-order valence-corrected chi connectivity index (χ1v) is 5.26. The Morgan fingerprint density at radius 3 is 2.93 bits per heavy atom. The monoisotopic (exact) mass is 205 g/mol. The minimum absolute atomic E-state index is 0.152. The van der Waals surface area contributed by atoms with Gasteiger partial charge in [-0.2, -0.15) is 0 Å². The minimum Gasteiger partial charge on any atom is -0.373 e. The van der Waals surface area contributed by atoms with Gasteiger partial charge in [-0.25, -0.2) is 0 Å². The average Bonchev–Trinajstić information content (AvgIpc) is 3.04. The summed E-state index contributed by atoms with van der Waals surface area (Å²) in [7, 11) is 1.61. The maximum atomic E-state index is 11.9. The quantitative estimate of drug-likeness (QED) is 0.733. The van der Waals surface area contributed by atoms with Gasteiger partial charge >= 0.3 is 0 Å². The Balaban J connectivity index is 1.96. The molecule has 1 heterocycles. The van der Waals surface area contributed by atoms with Crippen LogP contribution in [0, 0.1) is 5.92 Å². The first-order valence-electron chi connectivity index (χ1n) is 5.26. The predicted molar refractivity (Wildman–Crippen MR) is 56.5 cm³/mol. The van der Waals surface area contributed by atoms with Crippen LogP contribution in [0.3, 0.4) is 0 Å². The van der Waals surface area contributed by atoms with E-state index in [9.17, 15) is 4.79 Å². The molecule has 1 atom stereocenters. The predicted octanol–water partition coefficient (Wildman–Crippen LogP) is 1.62. The van der Waals surface area contributed by atoms with Crippen molar-refractivity contribution < 1.29 is 9.53 Å². The van der Waals surface area contributed by atoms with Crippen LogP contribution < -0.4 is 0 Å². The fourth-order valence-corrected chi connectivity index (χ4v) is 1.77. The maximum Gasteiger partial charge on any atom is 0.167 e. The van der Waals surface area contributed by atoms with E-state index in [0.29, 0.717) is 12.3 Å². The Bertz CT molecular complexity index is 333. The highest BCUT2D eigenvalue weighted by Crippen LogP contribution is 2.34. The van der Waals surface area contributed by atoms with Crippen LogP contribution >= 0.6 is 0 Å². The summed E-state index contributed by atoms with van der Waals surface area (Å²) in [5, 5.41) is 0. The Morgan fingerprint density at radius 1 is 1.60 bits per heavy atom. The lowest BCUT2D eigenvalue weighted by Crippen LogP contribution is -2.27. The standard InChI is InChI=1S/C12H15NO2/c1-15-12(9-5-6-9)11(14)8-10-4-2-3-7-13-10/h2-4,7,9,12H,5-6,8H2,1H3. The number of aromatic nitrogens is 1. The van der Waals surface area contributed by atoms with Crippen molar-refractivity contribution in [2.75, 3.05) is 7.11 Å². The molecule has 0 aromatic carbocycles. The number of hydrogen-bond donors (Lipinski definition) is 0. The van der Waals surface area contributed by atoms with Crippen molar-refractivity contribution in [2.45, 2.75) is 25.4 Å². The van der Waals surface area contributed by atoms with Crippen molar-refractivity contribution in [1.82, 2.24) is 4.98 Å². The van der Waals surface area contributed by atoms with E-state index in [4.69, 9.17) is 4.74 Å². The summed E-state index contributed by atoms with van der Waals surface area (Å²) in [6.45, 7) is 0. The van der Waals surface area contributed by atoms with Crippen molar-refractivity contribution >= 4 is 5.78 Å². The third-order valence-electron chi connectivity index (χ3n) is 2.70. The summed E-state index contributed by atoms with van der Waals surface area (Å²) in [5.74, 6) is 0.602. The van der Waals surface area contributed by atoms with Crippen LogP contribution in [0.25, 0.3) is 0 Å². The molecule has 1 aliphatic rings. The number of rotatable bonds is 5. The molecule has 1 aromatic heterocycles. The lowest BCUT2D eigenvalue weighted by atomic mass is 10.1. The number of carbonyl (C=O) groups excluding carboxylic acids is 1. The molecule has 1 aromatic rings. The molecule has 15 heavy (non-hydrogen) atoms. The van der Waals surface area contributed by atoms with E-state index < -0.39 is 0 Å². The molecule has 80 valence electrons. The van der Waals surface area contributed by atoms with Gasteiger partial charge in [0.05, 0.1) is 6.42 Å². The van der Waals surface area contributed by atoms with Crippen molar-refractivity contribution in [1.29, 1.82) is 0 Å². The summed E-state index contributed by atoms with van der Waals surface area (Å²) in [6.07, 6.45) is 4.11. The van der Waals surface area contributed by atoms with Crippen LogP contribution in [0.4, 0.5) is 0 Å². The summed E-state index contributed by atoms with van der Waals surface area (Å²) < 4.78 is 5.23. The molecule has 3 nitrogen and oxygen atoms in total. The van der Waals surface area contributed by atoms with Crippen molar-refractivity contribution in [3.63, 3.8) is 0 Å². The van der Waals surface area contributed by atoms with E-state index in [1.807, 2.05) is 18.2 Å². The molecule has 0 bridgehead atoms. The Hall–Kier alpha value is -1.22. The highest BCUT2D eigenvalue weighted by atomic mass is 16.5. The van der Waals surface area contributed by atoms with Crippen molar-refractivity contribution in [2.24, 2.45) is 5.92 Å². The van der Waals surface area contributed by atoms with E-state index in [2.05, 4.69) is 4.98 Å². The molecule has 0 radical (unpaired) electrons. The highest BCUT2D eigenvalue weighted by Gasteiger charge is 2.35. The summed E-state index contributed by atoms with van der Waals surface area (Å²) >= 11 is 0. The number of pyridine rings is 1. The molecular weight excluding hydrogens is 190 g/mol. The Morgan fingerprint density at radius 2 is 2.40 bits per heavy atom. The molecule has 1 saturated carbocycles. The number of ether oxygens (including phenoxy) is 1. The molecule has 0 N–H and O–H groups in total. The first kappa shape index (κ1) is 10.3. The van der Waals surface area contributed by atoms with Gasteiger partial charge in [-0.05, 0) is 30.9 Å². The van der Waals surface area contributed by atoms with Gasteiger partial charge < -0.3 is 4.74 Å². The maximum absolute atomic E-state index is 11.9. The number of Topliss-reactive ketones (excluding diaryl/α,β-unsaturated/α-hetero) is 1. The second-order valence-corrected chi connectivity index (χ2v) is 3.96. The van der Waals surface area contributed by atoms with E-state index in [1.165, 1.54) is 0 Å². The van der Waals surface area contributed by atoms with E-state index in [-0.39, 0.29) is 11.9 Å². The zero-order valence-electron chi connectivity index (χ0n) is 8.85. The topological polar surface area (TPSA) is 39.2 Å². The number of ketones is 1. The molecule has 1 unspecified atom stereocenters. The third kappa shape index (κ3) is 2.63. The van der Waals surface area contributed by atoms with Crippen LogP contribution in [0.5, 0.6) is 0 Å². The van der Waals surface area contributed by atoms with Gasteiger partial charge in [0.1, 0.15) is 6.10 Å². The molecule has 2 rings (SSSR count). The number of methoxy groups -OCH3 is 1. The third-order valence-corrected chi connectivity index (χ3v) is 2.70. The smallest absolute Gasteiger partial charge is 0.167 e. The largest absolute Gasteiger partial charge is 0.373 e. The van der Waals surface area contributed by atoms with E-state index in [1.54, 1.807) is 13.3 Å². The fourth-order valence-electron chi connectivity index (χ4n) is 1.77. The lowest BCUT2D eigenvalue weighted by Gasteiger charge is -2.12. The van der Waals surface area contributed by atoms with Gasteiger partial charge in [-0.15, -0.1) is 0 Å². The minimum atomic E-state index is -0.216. The lowest BCUT2D eigenvalue weighted by molar-refractivity contribution is -0.129. The Labute approximate surface area is 89.5 Å². The second kappa shape index (κ2) is 4.53. The highest BCUT2D eigenvalue weighted by molar-refractivity contribution is 5.85. The van der Waals surface area contributed by atoms with Crippen LogP contribution in [0.1, 0.15) is 18.5 Å². The van der Waals surface area contributed by atoms with Crippen LogP contribution in [0.2, 0.25) is 0 Å². The molecule has 3 heteroatoms. The fraction of sp³-hybridized carbons (Fsp3) is 0.500. The summed E-state index contributed by atoms with van der Waals surface area (Å²) in [4.78, 5) is 16.0. The number of carbonyl (C=O) groups is 1. The van der Waals surface area contributed by atoms with Crippen LogP contribution in [0.15, 0.2) is 24.4 Å². The van der Waals surface area contributed by atoms with Gasteiger partial charge in [-0.3, -0.25) is 9.78 Å². The molecular formula is C12H15NO2. The molecule has 0 amide bonds. The van der Waals surface area contributed by atoms with Gasteiger partial charge in [0.15, 0.2) is 5.78 Å². The number of nitrogens with zero attached hydrogens (tertiary/aromatic N) is 1. The van der Waals surface area contributed by atoms with Gasteiger partial charge in [0.2, 0.25) is 0 Å². The van der Waals surface area contributed by atoms with Gasteiger partial charge in [-0.1, -0.05) is 6.07 Å². The van der Waals surface area contributed by atoms with Crippen LogP contribution in [-0.2, 0) is 16.0 Å².